The lowest BCUT2D eigenvalue weighted by atomic mass is 10.1. The Morgan fingerprint density at radius 2 is 1.78 bits per heavy atom. The number of nitrogens with one attached hydrogen (secondary N) is 1. The Morgan fingerprint density at radius 3 is 2.39 bits per heavy atom. The van der Waals surface area contributed by atoms with Crippen molar-refractivity contribution in [1.82, 2.24) is 10.2 Å². The lowest BCUT2D eigenvalue weighted by molar-refractivity contribution is 0.00629. The molecule has 0 spiro atoms. The molecule has 0 atom stereocenters. The smallest absolute Gasteiger partial charge is 0.360 e. The summed E-state index contributed by atoms with van der Waals surface area (Å²) in [5.74, 6) is -1.27. The number of aryl methyl sites for hydroxylation is 1. The van der Waals surface area contributed by atoms with Gasteiger partial charge in [-0.15, -0.1) is 0 Å². The van der Waals surface area contributed by atoms with Crippen molar-refractivity contribution < 1.29 is 19.1 Å². The number of aromatic nitrogens is 2. The van der Waals surface area contributed by atoms with E-state index >= 15 is 0 Å². The Labute approximate surface area is 134 Å². The van der Waals surface area contributed by atoms with E-state index in [0.29, 0.717) is 5.69 Å². The minimum Gasteiger partial charge on any atom is -0.456 e. The fourth-order valence-corrected chi connectivity index (χ4v) is 1.95. The molecule has 0 saturated heterocycles. The first-order valence-corrected chi connectivity index (χ1v) is 7.27. The number of hydrogen-bond donors (Lipinski definition) is 1. The summed E-state index contributed by atoms with van der Waals surface area (Å²) in [5.41, 5.74) is 0.704. The van der Waals surface area contributed by atoms with Crippen LogP contribution in [0.1, 0.15) is 52.9 Å². The average molecular weight is 316 g/mol. The van der Waals surface area contributed by atoms with Gasteiger partial charge in [0.1, 0.15) is 17.8 Å². The molecule has 0 radical (unpaired) electrons. The summed E-state index contributed by atoms with van der Waals surface area (Å²) >= 11 is 0. The average Bonchev–Trinajstić information content (AvgIpc) is 2.86. The number of carbonyl (C=O) groups is 2. The highest BCUT2D eigenvalue weighted by Gasteiger charge is 2.28. The summed E-state index contributed by atoms with van der Waals surface area (Å²) in [4.78, 5) is 24.5. The molecule has 6 heteroatoms. The van der Waals surface area contributed by atoms with Gasteiger partial charge in [0.2, 0.25) is 0 Å². The van der Waals surface area contributed by atoms with E-state index in [1.54, 1.807) is 27.7 Å². The number of rotatable bonds is 4. The third-order valence-corrected chi connectivity index (χ3v) is 2.96. The van der Waals surface area contributed by atoms with Gasteiger partial charge >= 0.3 is 11.9 Å². The maximum Gasteiger partial charge on any atom is 0.360 e. The first kappa shape index (κ1) is 16.7. The maximum absolute atomic E-state index is 12.3. The van der Waals surface area contributed by atoms with E-state index in [2.05, 4.69) is 10.2 Å². The lowest BCUT2D eigenvalue weighted by Gasteiger charge is -2.19. The molecule has 0 fully saturated rings. The summed E-state index contributed by atoms with van der Waals surface area (Å²) < 4.78 is 10.5. The molecule has 0 bridgehead atoms. The second kappa shape index (κ2) is 6.64. The highest BCUT2D eigenvalue weighted by atomic mass is 16.6. The van der Waals surface area contributed by atoms with Gasteiger partial charge in [0, 0.05) is 5.69 Å². The third kappa shape index (κ3) is 4.42. The minimum atomic E-state index is -0.668. The molecule has 6 nitrogen and oxygen atoms in total. The fourth-order valence-electron chi connectivity index (χ4n) is 1.95. The van der Waals surface area contributed by atoms with Gasteiger partial charge in [-0.2, -0.15) is 5.10 Å². The van der Waals surface area contributed by atoms with Crippen molar-refractivity contribution in [2.75, 3.05) is 0 Å². The first-order chi connectivity index (χ1) is 10.8. The van der Waals surface area contributed by atoms with Gasteiger partial charge in [-0.1, -0.05) is 30.3 Å². The van der Waals surface area contributed by atoms with Gasteiger partial charge in [0.05, 0.1) is 0 Å². The zero-order valence-electron chi connectivity index (χ0n) is 13.7. The van der Waals surface area contributed by atoms with Gasteiger partial charge in [-0.25, -0.2) is 9.59 Å². The van der Waals surface area contributed by atoms with Crippen molar-refractivity contribution in [2.24, 2.45) is 0 Å². The normalized spacial score (nSPS) is 11.1. The van der Waals surface area contributed by atoms with Gasteiger partial charge in [-0.05, 0) is 33.3 Å². The van der Waals surface area contributed by atoms with Crippen LogP contribution in [0.4, 0.5) is 0 Å². The standard InChI is InChI=1S/C17H20N2O4/c1-11-13(15(20)23-17(2,3)4)14(19-18-11)16(21)22-10-12-8-6-5-7-9-12/h5-9H,10H2,1-4H3,(H,18,19). The lowest BCUT2D eigenvalue weighted by Crippen LogP contribution is -2.25. The van der Waals surface area contributed by atoms with Crippen LogP contribution in [-0.4, -0.2) is 27.7 Å². The van der Waals surface area contributed by atoms with E-state index in [-0.39, 0.29) is 17.9 Å². The summed E-state index contributed by atoms with van der Waals surface area (Å²) in [5, 5.41) is 6.51. The van der Waals surface area contributed by atoms with Gasteiger partial charge in [0.15, 0.2) is 5.69 Å². The van der Waals surface area contributed by atoms with Crippen LogP contribution in [0.25, 0.3) is 0 Å². The molecule has 0 saturated carbocycles. The molecule has 1 heterocycles. The number of H-pyrrole nitrogens is 1. The second-order valence-corrected chi connectivity index (χ2v) is 6.14. The van der Waals surface area contributed by atoms with Gasteiger partial charge in [-0.3, -0.25) is 5.10 Å². The van der Waals surface area contributed by atoms with Crippen molar-refractivity contribution in [2.45, 2.75) is 39.9 Å². The van der Waals surface area contributed by atoms with Gasteiger partial charge < -0.3 is 9.47 Å². The van der Waals surface area contributed by atoms with E-state index in [1.807, 2.05) is 30.3 Å². The van der Waals surface area contributed by atoms with Crippen molar-refractivity contribution in [1.29, 1.82) is 0 Å². The Kier molecular flexibility index (Phi) is 4.83. The van der Waals surface area contributed by atoms with Gasteiger partial charge in [0.25, 0.3) is 0 Å². The Bertz CT molecular complexity index is 699. The van der Waals surface area contributed by atoms with Crippen LogP contribution >= 0.6 is 0 Å². The molecule has 1 aromatic carbocycles. The van der Waals surface area contributed by atoms with Crippen LogP contribution in [-0.2, 0) is 16.1 Å². The molecule has 0 unspecified atom stereocenters. The summed E-state index contributed by atoms with van der Waals surface area (Å²) in [7, 11) is 0. The van der Waals surface area contributed by atoms with Crippen LogP contribution < -0.4 is 0 Å². The van der Waals surface area contributed by atoms with Crippen LogP contribution in [0, 0.1) is 6.92 Å². The van der Waals surface area contributed by atoms with Crippen LogP contribution in [0.2, 0.25) is 0 Å². The molecule has 0 aliphatic carbocycles. The number of aromatic amines is 1. The molecule has 2 rings (SSSR count). The molecule has 1 aromatic heterocycles. The predicted octanol–water partition coefficient (Wildman–Crippen LogP) is 3.03. The second-order valence-electron chi connectivity index (χ2n) is 6.14. The SMILES string of the molecule is Cc1[nH]nc(C(=O)OCc2ccccc2)c1C(=O)OC(C)(C)C. The molecular weight excluding hydrogens is 296 g/mol. The molecule has 23 heavy (non-hydrogen) atoms. The van der Waals surface area contributed by atoms with Crippen LogP contribution in [0.5, 0.6) is 0 Å². The molecule has 0 aliphatic heterocycles. The van der Waals surface area contributed by atoms with Crippen molar-refractivity contribution >= 4 is 11.9 Å². The van der Waals surface area contributed by atoms with Crippen molar-refractivity contribution in [3.05, 3.63) is 52.8 Å². The molecule has 0 amide bonds. The van der Waals surface area contributed by atoms with E-state index in [9.17, 15) is 9.59 Å². The summed E-state index contributed by atoms with van der Waals surface area (Å²) in [6, 6.07) is 9.28. The van der Waals surface area contributed by atoms with Crippen molar-refractivity contribution in [3.63, 3.8) is 0 Å². The number of nitrogens with zero attached hydrogens (tertiary/aromatic N) is 1. The molecule has 1 N–H and O–H groups in total. The van der Waals surface area contributed by atoms with E-state index in [4.69, 9.17) is 9.47 Å². The zero-order valence-corrected chi connectivity index (χ0v) is 13.7. The largest absolute Gasteiger partial charge is 0.456 e. The Hall–Kier alpha value is -2.63. The number of hydrogen-bond acceptors (Lipinski definition) is 5. The number of benzene rings is 1. The predicted molar refractivity (Wildman–Crippen MR) is 84.1 cm³/mol. The zero-order chi connectivity index (χ0) is 17.0. The molecule has 2 aromatic rings. The minimum absolute atomic E-state index is 0.0623. The van der Waals surface area contributed by atoms with Crippen LogP contribution in [0.15, 0.2) is 30.3 Å². The number of carbonyl (C=O) groups excluding carboxylic acids is 2. The Balaban J connectivity index is 2.13. The van der Waals surface area contributed by atoms with E-state index in [0.717, 1.165) is 5.56 Å². The third-order valence-electron chi connectivity index (χ3n) is 2.96. The highest BCUT2D eigenvalue weighted by Crippen LogP contribution is 2.18. The molecule has 122 valence electrons. The highest BCUT2D eigenvalue weighted by molar-refractivity contribution is 6.02. The summed E-state index contributed by atoms with van der Waals surface area (Å²) in [6.45, 7) is 7.04. The van der Waals surface area contributed by atoms with Crippen molar-refractivity contribution in [3.8, 4) is 0 Å². The molecular formula is C17H20N2O4. The first-order valence-electron chi connectivity index (χ1n) is 7.27. The monoisotopic (exact) mass is 316 g/mol. The Morgan fingerprint density at radius 1 is 1.13 bits per heavy atom. The number of esters is 2. The summed E-state index contributed by atoms with van der Waals surface area (Å²) in [6.07, 6.45) is 0. The maximum atomic E-state index is 12.3. The number of ether oxygens (including phenoxy) is 2. The fraction of sp³-hybridized carbons (Fsp3) is 0.353. The van der Waals surface area contributed by atoms with E-state index in [1.165, 1.54) is 0 Å². The topological polar surface area (TPSA) is 81.3 Å². The van der Waals surface area contributed by atoms with Crippen LogP contribution in [0.3, 0.4) is 0 Å². The quantitative estimate of drug-likeness (QED) is 0.877. The molecule has 0 aliphatic rings. The van der Waals surface area contributed by atoms with E-state index < -0.39 is 17.5 Å².